The maximum atomic E-state index is 2.44. The van der Waals surface area contributed by atoms with E-state index in [4.69, 9.17) is 0 Å². The van der Waals surface area contributed by atoms with Gasteiger partial charge in [0.15, 0.2) is 0 Å². The molecule has 1 saturated carbocycles. The van der Waals surface area contributed by atoms with Crippen molar-refractivity contribution < 1.29 is 0 Å². The van der Waals surface area contributed by atoms with Crippen LogP contribution in [-0.4, -0.2) is 0 Å². The molecule has 3 aliphatic rings. The van der Waals surface area contributed by atoms with Crippen molar-refractivity contribution in [3.05, 3.63) is 12.2 Å². The first kappa shape index (κ1) is 5.52. The molecular formula is C9H14. The Morgan fingerprint density at radius 2 is 1.78 bits per heavy atom. The molecule has 9 heavy (non-hydrogen) atoms. The summed E-state index contributed by atoms with van der Waals surface area (Å²) in [7, 11) is 0. The van der Waals surface area contributed by atoms with E-state index in [9.17, 15) is 0 Å². The molecule has 0 nitrogen and oxygen atoms in total. The van der Waals surface area contributed by atoms with Crippen molar-refractivity contribution >= 4 is 0 Å². The van der Waals surface area contributed by atoms with Gasteiger partial charge in [0.25, 0.3) is 0 Å². The molecule has 3 aliphatic carbocycles. The molecule has 50 valence electrons. The highest BCUT2D eigenvalue weighted by molar-refractivity contribution is 4.97. The molecule has 1 fully saturated rings. The van der Waals surface area contributed by atoms with Crippen LogP contribution in [0, 0.1) is 11.8 Å². The largest absolute Gasteiger partial charge is 0.0880 e. The molecule has 0 atom stereocenters. The second kappa shape index (κ2) is 2.17. The maximum absolute atomic E-state index is 2.44. The molecule has 0 radical (unpaired) electrons. The van der Waals surface area contributed by atoms with Crippen LogP contribution in [0.5, 0.6) is 0 Å². The van der Waals surface area contributed by atoms with Gasteiger partial charge in [-0.15, -0.1) is 0 Å². The van der Waals surface area contributed by atoms with Crippen LogP contribution in [0.2, 0.25) is 0 Å². The van der Waals surface area contributed by atoms with Gasteiger partial charge in [0.05, 0.1) is 0 Å². The van der Waals surface area contributed by atoms with Crippen LogP contribution in [0.4, 0.5) is 0 Å². The van der Waals surface area contributed by atoms with E-state index in [0.717, 1.165) is 11.8 Å². The summed E-state index contributed by atoms with van der Waals surface area (Å²) in [6.45, 7) is 0. The van der Waals surface area contributed by atoms with Crippen LogP contribution in [0.25, 0.3) is 0 Å². The van der Waals surface area contributed by atoms with Crippen molar-refractivity contribution in [2.75, 3.05) is 0 Å². The lowest BCUT2D eigenvalue weighted by molar-refractivity contribution is 0.327. The van der Waals surface area contributed by atoms with E-state index in [1.165, 1.54) is 32.1 Å². The van der Waals surface area contributed by atoms with Crippen molar-refractivity contribution in [3.8, 4) is 0 Å². The fourth-order valence-electron chi connectivity index (χ4n) is 2.08. The second-order valence-corrected chi connectivity index (χ2v) is 3.44. The first-order chi connectivity index (χ1) is 4.45. The molecule has 0 unspecified atom stereocenters. The molecule has 0 heterocycles. The summed E-state index contributed by atoms with van der Waals surface area (Å²) in [5, 5.41) is 0. The van der Waals surface area contributed by atoms with Gasteiger partial charge in [0, 0.05) is 0 Å². The Hall–Kier alpha value is -0.260. The zero-order chi connectivity index (χ0) is 6.10. The number of hydrogen-bond acceptors (Lipinski definition) is 0. The SMILES string of the molecule is C1=CC2CCC(C1)CC2. The lowest BCUT2D eigenvalue weighted by atomic mass is 9.84. The minimum atomic E-state index is 0.962. The van der Waals surface area contributed by atoms with Gasteiger partial charge in [0.1, 0.15) is 0 Å². The lowest BCUT2D eigenvalue weighted by Crippen LogP contribution is -2.08. The Bertz CT molecular complexity index is 116. The van der Waals surface area contributed by atoms with Crippen LogP contribution in [0.3, 0.4) is 0 Å². The third kappa shape index (κ3) is 1.03. The molecule has 0 aliphatic heterocycles. The molecule has 0 spiro atoms. The minimum Gasteiger partial charge on any atom is -0.0880 e. The molecule has 0 heteroatoms. The first-order valence-corrected chi connectivity index (χ1v) is 4.12. The predicted molar refractivity (Wildman–Crippen MR) is 39.2 cm³/mol. The highest BCUT2D eigenvalue weighted by Gasteiger charge is 2.20. The van der Waals surface area contributed by atoms with E-state index in [0.29, 0.717) is 0 Å². The van der Waals surface area contributed by atoms with Gasteiger partial charge in [-0.3, -0.25) is 0 Å². The Morgan fingerprint density at radius 1 is 1.00 bits per heavy atom. The Balaban J connectivity index is 2.13. The topological polar surface area (TPSA) is 0 Å². The molecule has 0 aromatic rings. The van der Waals surface area contributed by atoms with E-state index in [1.807, 2.05) is 0 Å². The van der Waals surface area contributed by atoms with Crippen molar-refractivity contribution in [1.29, 1.82) is 0 Å². The summed E-state index contributed by atoms with van der Waals surface area (Å²) in [4.78, 5) is 0. The van der Waals surface area contributed by atoms with E-state index in [1.54, 1.807) is 0 Å². The van der Waals surface area contributed by atoms with Crippen LogP contribution in [0.15, 0.2) is 12.2 Å². The van der Waals surface area contributed by atoms with E-state index >= 15 is 0 Å². The average molecular weight is 122 g/mol. The molecule has 0 saturated heterocycles. The average Bonchev–Trinajstić information content (AvgIpc) is 2.21. The number of hydrogen-bond donors (Lipinski definition) is 0. The van der Waals surface area contributed by atoms with Gasteiger partial charge in [-0.25, -0.2) is 0 Å². The van der Waals surface area contributed by atoms with E-state index in [-0.39, 0.29) is 0 Å². The number of allylic oxidation sites excluding steroid dienone is 2. The third-order valence-corrected chi connectivity index (χ3v) is 2.77. The van der Waals surface area contributed by atoms with Crippen LogP contribution >= 0.6 is 0 Å². The Kier molecular flexibility index (Phi) is 1.33. The van der Waals surface area contributed by atoms with E-state index in [2.05, 4.69) is 12.2 Å². The zero-order valence-corrected chi connectivity index (χ0v) is 5.84. The van der Waals surface area contributed by atoms with Crippen molar-refractivity contribution in [2.24, 2.45) is 11.8 Å². The van der Waals surface area contributed by atoms with Crippen LogP contribution in [0.1, 0.15) is 32.1 Å². The van der Waals surface area contributed by atoms with Gasteiger partial charge in [-0.05, 0) is 43.9 Å². The third-order valence-electron chi connectivity index (χ3n) is 2.77. The molecule has 0 aromatic carbocycles. The number of fused-ring (bicyclic) bond motifs is 3. The van der Waals surface area contributed by atoms with Crippen molar-refractivity contribution in [3.63, 3.8) is 0 Å². The molecule has 0 aromatic heterocycles. The van der Waals surface area contributed by atoms with Gasteiger partial charge in [0.2, 0.25) is 0 Å². The van der Waals surface area contributed by atoms with Crippen molar-refractivity contribution in [1.82, 2.24) is 0 Å². The van der Waals surface area contributed by atoms with Gasteiger partial charge in [-0.2, -0.15) is 0 Å². The standard InChI is InChI=1S/C9H14/c1-2-8-4-6-9(3-1)7-5-8/h1-2,8-9H,3-7H2. The lowest BCUT2D eigenvalue weighted by Gasteiger charge is -2.21. The quantitative estimate of drug-likeness (QED) is 0.433. The van der Waals surface area contributed by atoms with Gasteiger partial charge in [-0.1, -0.05) is 12.2 Å². The molecule has 0 N–H and O–H groups in total. The summed E-state index contributed by atoms with van der Waals surface area (Å²) in [6.07, 6.45) is 12.1. The zero-order valence-electron chi connectivity index (χ0n) is 5.84. The maximum Gasteiger partial charge on any atom is -0.0233 e. The fraction of sp³-hybridized carbons (Fsp3) is 0.778. The molecule has 0 amide bonds. The van der Waals surface area contributed by atoms with Crippen LogP contribution in [-0.2, 0) is 0 Å². The molecule has 2 bridgehead atoms. The second-order valence-electron chi connectivity index (χ2n) is 3.44. The van der Waals surface area contributed by atoms with E-state index < -0.39 is 0 Å². The Labute approximate surface area is 57.0 Å². The normalized spacial score (nSPS) is 40.9. The summed E-state index contributed by atoms with van der Waals surface area (Å²) in [5.74, 6) is 2.02. The highest BCUT2D eigenvalue weighted by atomic mass is 14.3. The fourth-order valence-corrected chi connectivity index (χ4v) is 2.08. The number of rotatable bonds is 0. The molecule has 3 rings (SSSR count). The summed E-state index contributed by atoms with van der Waals surface area (Å²) >= 11 is 0. The smallest absolute Gasteiger partial charge is 0.0233 e. The van der Waals surface area contributed by atoms with Gasteiger partial charge < -0.3 is 0 Å². The monoisotopic (exact) mass is 122 g/mol. The Morgan fingerprint density at radius 3 is 2.56 bits per heavy atom. The first-order valence-electron chi connectivity index (χ1n) is 4.12. The van der Waals surface area contributed by atoms with Crippen LogP contribution < -0.4 is 0 Å². The minimum absolute atomic E-state index is 0.962. The summed E-state index contributed by atoms with van der Waals surface area (Å²) in [6, 6.07) is 0. The highest BCUT2D eigenvalue weighted by Crippen LogP contribution is 2.34. The van der Waals surface area contributed by atoms with Crippen molar-refractivity contribution in [2.45, 2.75) is 32.1 Å². The predicted octanol–water partition coefficient (Wildman–Crippen LogP) is 2.75. The summed E-state index contributed by atoms with van der Waals surface area (Å²) < 4.78 is 0. The summed E-state index contributed by atoms with van der Waals surface area (Å²) in [5.41, 5.74) is 0. The molecular weight excluding hydrogens is 108 g/mol. The van der Waals surface area contributed by atoms with Gasteiger partial charge >= 0.3 is 0 Å².